The smallest absolute Gasteiger partial charge is 0.414 e. The van der Waals surface area contributed by atoms with Crippen LogP contribution in [0.1, 0.15) is 18.0 Å². The Labute approximate surface area is 164 Å². The molecule has 0 spiro atoms. The normalized spacial score (nSPS) is 11.8. The second-order valence-corrected chi connectivity index (χ2v) is 6.70. The number of benzene rings is 2. The summed E-state index contributed by atoms with van der Waals surface area (Å²) in [6.07, 6.45) is 0.300. The first-order chi connectivity index (χ1) is 13.3. The maximum Gasteiger partial charge on any atom is 0.414 e. The molecule has 1 atom stereocenters. The molecule has 2 aromatic carbocycles. The van der Waals surface area contributed by atoms with Crippen molar-refractivity contribution in [2.24, 2.45) is 0 Å². The number of nitro benzene ring substituents is 1. The van der Waals surface area contributed by atoms with Gasteiger partial charge in [-0.05, 0) is 43.9 Å². The van der Waals surface area contributed by atoms with E-state index in [4.69, 9.17) is 9.47 Å². The number of nitro groups is 1. The molecule has 0 N–H and O–H groups in total. The third-order valence-electron chi connectivity index (χ3n) is 4.17. The fourth-order valence-corrected chi connectivity index (χ4v) is 2.63. The van der Waals surface area contributed by atoms with E-state index in [1.54, 1.807) is 38.4 Å². The Bertz CT molecular complexity index is 788. The van der Waals surface area contributed by atoms with E-state index in [-0.39, 0.29) is 11.7 Å². The molecule has 0 bridgehead atoms. The molecule has 0 aliphatic rings. The monoisotopic (exact) mass is 387 g/mol. The maximum atomic E-state index is 11.6. The van der Waals surface area contributed by atoms with Gasteiger partial charge in [0.2, 0.25) is 0 Å². The Morgan fingerprint density at radius 2 is 1.57 bits per heavy atom. The molecule has 2 aromatic rings. The van der Waals surface area contributed by atoms with E-state index in [1.165, 1.54) is 17.0 Å². The molecule has 0 saturated heterocycles. The van der Waals surface area contributed by atoms with Crippen LogP contribution in [0.5, 0.6) is 11.5 Å². The van der Waals surface area contributed by atoms with Gasteiger partial charge in [0.1, 0.15) is 11.5 Å². The summed E-state index contributed by atoms with van der Waals surface area (Å²) in [5.74, 6) is 1.08. The molecule has 2 rings (SSSR count). The summed E-state index contributed by atoms with van der Waals surface area (Å²) in [5.41, 5.74) is 1.11. The largest absolute Gasteiger partial charge is 0.494 e. The molecule has 28 heavy (non-hydrogen) atoms. The van der Waals surface area contributed by atoms with Crippen molar-refractivity contribution in [3.05, 3.63) is 64.2 Å². The van der Waals surface area contributed by atoms with Crippen molar-refractivity contribution in [1.29, 1.82) is 0 Å². The highest BCUT2D eigenvalue weighted by atomic mass is 16.6. The molecule has 0 heterocycles. The van der Waals surface area contributed by atoms with Gasteiger partial charge in [-0.15, -0.1) is 0 Å². The Hall–Kier alpha value is -3.13. The first kappa shape index (κ1) is 21.2. The first-order valence-corrected chi connectivity index (χ1v) is 8.80. The van der Waals surface area contributed by atoms with Gasteiger partial charge in [-0.1, -0.05) is 12.1 Å². The van der Waals surface area contributed by atoms with Crippen LogP contribution in [0.3, 0.4) is 0 Å². The predicted molar refractivity (Wildman–Crippen MR) is 106 cm³/mol. The minimum absolute atomic E-state index is 0.0357. The van der Waals surface area contributed by atoms with Crippen LogP contribution in [0.2, 0.25) is 0 Å². The van der Waals surface area contributed by atoms with E-state index in [2.05, 4.69) is 4.90 Å². The van der Waals surface area contributed by atoms with Gasteiger partial charge in [0, 0.05) is 38.7 Å². The molecule has 0 aliphatic heterocycles. The van der Waals surface area contributed by atoms with E-state index < -0.39 is 11.0 Å². The number of amides is 1. The van der Waals surface area contributed by atoms with Gasteiger partial charge in [0.15, 0.2) is 0 Å². The van der Waals surface area contributed by atoms with Crippen molar-refractivity contribution < 1.29 is 19.2 Å². The van der Waals surface area contributed by atoms with Crippen molar-refractivity contribution in [3.63, 3.8) is 0 Å². The number of hydrogen-bond acceptors (Lipinski definition) is 6. The Morgan fingerprint density at radius 1 is 1.00 bits per heavy atom. The number of hydrogen-bond donors (Lipinski definition) is 0. The lowest BCUT2D eigenvalue weighted by Crippen LogP contribution is -2.25. The SMILES string of the molecule is CN(C)C(=O)Oc1ccc(C(CCOc2ccc([N+](=O)[O-])cc2)N(C)C)cc1. The zero-order valence-electron chi connectivity index (χ0n) is 16.5. The highest BCUT2D eigenvalue weighted by Crippen LogP contribution is 2.25. The van der Waals surface area contributed by atoms with Gasteiger partial charge in [-0.2, -0.15) is 0 Å². The Morgan fingerprint density at radius 3 is 2.07 bits per heavy atom. The summed E-state index contributed by atoms with van der Waals surface area (Å²) < 4.78 is 11.0. The lowest BCUT2D eigenvalue weighted by atomic mass is 10.0. The molecule has 0 fully saturated rings. The molecule has 1 amide bonds. The van der Waals surface area contributed by atoms with Gasteiger partial charge < -0.3 is 19.3 Å². The van der Waals surface area contributed by atoms with E-state index >= 15 is 0 Å². The van der Waals surface area contributed by atoms with Crippen molar-refractivity contribution in [2.45, 2.75) is 12.5 Å². The number of carbonyl (C=O) groups excluding carboxylic acids is 1. The van der Waals surface area contributed by atoms with Crippen molar-refractivity contribution in [2.75, 3.05) is 34.8 Å². The van der Waals surface area contributed by atoms with E-state index in [0.29, 0.717) is 18.1 Å². The highest BCUT2D eigenvalue weighted by molar-refractivity contribution is 5.69. The van der Waals surface area contributed by atoms with Crippen molar-refractivity contribution in [1.82, 2.24) is 9.80 Å². The quantitative estimate of drug-likeness (QED) is 0.507. The number of carbonyl (C=O) groups is 1. The molecular formula is C20H25N3O5. The summed E-state index contributed by atoms with van der Waals surface area (Å²) in [6, 6.07) is 13.5. The Kier molecular flexibility index (Phi) is 7.34. The van der Waals surface area contributed by atoms with Gasteiger partial charge in [0.25, 0.3) is 5.69 Å². The third kappa shape index (κ3) is 5.95. The Balaban J connectivity index is 1.95. The van der Waals surface area contributed by atoms with Gasteiger partial charge in [-0.3, -0.25) is 10.1 Å². The average Bonchev–Trinajstić information content (AvgIpc) is 2.66. The lowest BCUT2D eigenvalue weighted by Gasteiger charge is -2.25. The van der Waals surface area contributed by atoms with Crippen LogP contribution >= 0.6 is 0 Å². The summed E-state index contributed by atoms with van der Waals surface area (Å²) in [5, 5.41) is 10.7. The number of non-ortho nitro benzene ring substituents is 1. The zero-order chi connectivity index (χ0) is 20.7. The number of nitrogens with zero attached hydrogens (tertiary/aromatic N) is 3. The van der Waals surface area contributed by atoms with Crippen LogP contribution in [0.25, 0.3) is 0 Å². The van der Waals surface area contributed by atoms with E-state index in [0.717, 1.165) is 12.0 Å². The van der Waals surface area contributed by atoms with Crippen molar-refractivity contribution >= 4 is 11.8 Å². The highest BCUT2D eigenvalue weighted by Gasteiger charge is 2.15. The summed E-state index contributed by atoms with van der Waals surface area (Å²) in [7, 11) is 7.22. The van der Waals surface area contributed by atoms with Gasteiger partial charge in [0.05, 0.1) is 11.5 Å². The summed E-state index contributed by atoms with van der Waals surface area (Å²) in [6.45, 7) is 0.456. The molecular weight excluding hydrogens is 362 g/mol. The van der Waals surface area contributed by atoms with Crippen LogP contribution in [-0.2, 0) is 0 Å². The van der Waals surface area contributed by atoms with Gasteiger partial charge >= 0.3 is 6.09 Å². The molecule has 8 heteroatoms. The molecule has 0 radical (unpaired) electrons. The van der Waals surface area contributed by atoms with E-state index in [1.807, 2.05) is 26.2 Å². The standard InChI is InChI=1S/C20H25N3O5/c1-21(2)19(13-14-27-17-11-7-16(8-12-17)23(25)26)15-5-9-18(10-6-15)28-20(24)22(3)4/h5-12,19H,13-14H2,1-4H3. The number of rotatable bonds is 8. The molecule has 0 aromatic heterocycles. The lowest BCUT2D eigenvalue weighted by molar-refractivity contribution is -0.384. The topological polar surface area (TPSA) is 85.1 Å². The van der Waals surface area contributed by atoms with E-state index in [9.17, 15) is 14.9 Å². The predicted octanol–water partition coefficient (Wildman–Crippen LogP) is 3.73. The minimum atomic E-state index is -0.439. The third-order valence-corrected chi connectivity index (χ3v) is 4.17. The van der Waals surface area contributed by atoms with Crippen LogP contribution in [0, 0.1) is 10.1 Å². The summed E-state index contributed by atoms with van der Waals surface area (Å²) in [4.78, 5) is 25.3. The molecule has 1 unspecified atom stereocenters. The van der Waals surface area contributed by atoms with Crippen LogP contribution < -0.4 is 9.47 Å². The van der Waals surface area contributed by atoms with Crippen LogP contribution in [-0.4, -0.2) is 55.6 Å². The second kappa shape index (κ2) is 9.70. The molecule has 0 saturated carbocycles. The van der Waals surface area contributed by atoms with Crippen LogP contribution in [0.4, 0.5) is 10.5 Å². The molecule has 150 valence electrons. The second-order valence-electron chi connectivity index (χ2n) is 6.70. The summed E-state index contributed by atoms with van der Waals surface area (Å²) >= 11 is 0. The minimum Gasteiger partial charge on any atom is -0.494 e. The van der Waals surface area contributed by atoms with Gasteiger partial charge in [-0.25, -0.2) is 4.79 Å². The number of ether oxygens (including phenoxy) is 2. The maximum absolute atomic E-state index is 11.6. The zero-order valence-corrected chi connectivity index (χ0v) is 16.5. The average molecular weight is 387 g/mol. The fourth-order valence-electron chi connectivity index (χ4n) is 2.63. The van der Waals surface area contributed by atoms with Crippen molar-refractivity contribution in [3.8, 4) is 11.5 Å². The first-order valence-electron chi connectivity index (χ1n) is 8.80. The molecule has 8 nitrogen and oxygen atoms in total. The fraction of sp³-hybridized carbons (Fsp3) is 0.350. The van der Waals surface area contributed by atoms with Crippen LogP contribution in [0.15, 0.2) is 48.5 Å². The molecule has 0 aliphatic carbocycles.